The number of nitrogens with one attached hydrogen (secondary N) is 2. The summed E-state index contributed by atoms with van der Waals surface area (Å²) in [6, 6.07) is 5.51. The summed E-state index contributed by atoms with van der Waals surface area (Å²) < 4.78 is 27.3. The summed E-state index contributed by atoms with van der Waals surface area (Å²) in [4.78, 5) is 3.91. The lowest BCUT2D eigenvalue weighted by atomic mass is 10.3. The Hall–Kier alpha value is -1.59. The van der Waals surface area contributed by atoms with Gasteiger partial charge in [-0.15, -0.1) is 0 Å². The Morgan fingerprint density at radius 2 is 1.76 bits per heavy atom. The van der Waals surface area contributed by atoms with Gasteiger partial charge in [-0.3, -0.25) is 0 Å². The third kappa shape index (κ3) is 3.95. The monoisotopic (exact) mass is 331 g/mol. The molecular weight excluding hydrogens is 319 g/mol. The summed E-state index contributed by atoms with van der Waals surface area (Å²) in [7, 11) is 0. The second-order valence-corrected chi connectivity index (χ2v) is 5.14. The van der Waals surface area contributed by atoms with Crippen molar-refractivity contribution in [2.24, 2.45) is 0 Å². The number of rotatable bonds is 5. The zero-order valence-electron chi connectivity index (χ0n) is 11.2. The molecule has 112 valence electrons. The van der Waals surface area contributed by atoms with Crippen LogP contribution in [0.5, 0.6) is 0 Å². The fraction of sp³-hybridized carbons (Fsp3) is 0.214. The van der Waals surface area contributed by atoms with Crippen LogP contribution in [0.25, 0.3) is 0 Å². The highest BCUT2D eigenvalue weighted by Gasteiger charge is 2.12. The zero-order valence-corrected chi connectivity index (χ0v) is 12.7. The van der Waals surface area contributed by atoms with Gasteiger partial charge in [-0.1, -0.05) is 30.1 Å². The normalized spacial score (nSPS) is 10.5. The molecule has 1 aromatic heterocycles. The van der Waals surface area contributed by atoms with Crippen LogP contribution >= 0.6 is 23.2 Å². The largest absolute Gasteiger partial charge is 0.368 e. The highest BCUT2D eigenvalue weighted by Crippen LogP contribution is 2.28. The molecule has 1 heterocycles. The van der Waals surface area contributed by atoms with Crippen molar-refractivity contribution < 1.29 is 8.78 Å². The number of halogens is 4. The molecule has 0 atom stereocenters. The molecule has 0 radical (unpaired) electrons. The van der Waals surface area contributed by atoms with E-state index in [1.54, 1.807) is 12.1 Å². The molecule has 2 N–H and O–H groups in total. The van der Waals surface area contributed by atoms with Crippen molar-refractivity contribution >= 4 is 40.5 Å². The fourth-order valence-electron chi connectivity index (χ4n) is 1.63. The summed E-state index contributed by atoms with van der Waals surface area (Å²) >= 11 is 11.7. The van der Waals surface area contributed by atoms with Gasteiger partial charge in [0, 0.05) is 18.3 Å². The molecule has 0 bridgehead atoms. The summed E-state index contributed by atoms with van der Waals surface area (Å²) in [5.74, 6) is -1.62. The Morgan fingerprint density at radius 3 is 2.43 bits per heavy atom. The van der Waals surface area contributed by atoms with Crippen LogP contribution in [0.3, 0.4) is 0 Å². The van der Waals surface area contributed by atoms with Gasteiger partial charge in [0.15, 0.2) is 23.3 Å². The number of pyridine rings is 1. The van der Waals surface area contributed by atoms with Crippen LogP contribution in [0.15, 0.2) is 24.3 Å². The predicted molar refractivity (Wildman–Crippen MR) is 82.7 cm³/mol. The molecule has 0 aliphatic carbocycles. The number of aromatic nitrogens is 1. The van der Waals surface area contributed by atoms with E-state index < -0.39 is 11.6 Å². The SMILES string of the molecule is CCCNc1nc(Nc2ccc(Cl)c(Cl)c2)c(F)cc1F. The summed E-state index contributed by atoms with van der Waals surface area (Å²) in [6.07, 6.45) is 0.800. The van der Waals surface area contributed by atoms with Crippen LogP contribution in [0, 0.1) is 11.6 Å². The average molecular weight is 332 g/mol. The Balaban J connectivity index is 2.28. The average Bonchev–Trinajstić information content (AvgIpc) is 2.44. The third-order valence-electron chi connectivity index (χ3n) is 2.65. The van der Waals surface area contributed by atoms with Crippen molar-refractivity contribution in [1.82, 2.24) is 4.98 Å². The molecule has 0 spiro atoms. The lowest BCUT2D eigenvalue weighted by Crippen LogP contribution is -2.07. The van der Waals surface area contributed by atoms with Gasteiger partial charge < -0.3 is 10.6 Å². The van der Waals surface area contributed by atoms with Crippen LogP contribution in [0.4, 0.5) is 26.1 Å². The highest BCUT2D eigenvalue weighted by molar-refractivity contribution is 6.42. The van der Waals surface area contributed by atoms with Gasteiger partial charge in [-0.25, -0.2) is 13.8 Å². The molecule has 2 aromatic rings. The van der Waals surface area contributed by atoms with Crippen molar-refractivity contribution in [2.45, 2.75) is 13.3 Å². The van der Waals surface area contributed by atoms with E-state index in [1.165, 1.54) is 6.07 Å². The molecule has 0 unspecified atom stereocenters. The highest BCUT2D eigenvalue weighted by atomic mass is 35.5. The van der Waals surface area contributed by atoms with Crippen LogP contribution in [0.1, 0.15) is 13.3 Å². The number of benzene rings is 1. The van der Waals surface area contributed by atoms with E-state index in [0.29, 0.717) is 22.3 Å². The van der Waals surface area contributed by atoms with Crippen LogP contribution in [-0.4, -0.2) is 11.5 Å². The van der Waals surface area contributed by atoms with Crippen molar-refractivity contribution in [2.75, 3.05) is 17.2 Å². The first-order valence-electron chi connectivity index (χ1n) is 6.33. The molecule has 0 aliphatic rings. The number of hydrogen-bond acceptors (Lipinski definition) is 3. The van der Waals surface area contributed by atoms with E-state index in [0.717, 1.165) is 12.5 Å². The molecule has 1 aromatic carbocycles. The Bertz CT molecular complexity index is 650. The van der Waals surface area contributed by atoms with Crippen molar-refractivity contribution in [1.29, 1.82) is 0 Å². The molecule has 2 rings (SSSR count). The minimum Gasteiger partial charge on any atom is -0.368 e. The van der Waals surface area contributed by atoms with Crippen molar-refractivity contribution in [3.8, 4) is 0 Å². The van der Waals surface area contributed by atoms with Gasteiger partial charge in [0.2, 0.25) is 0 Å². The third-order valence-corrected chi connectivity index (χ3v) is 3.39. The standard InChI is InChI=1S/C14H13Cl2F2N3/c1-2-5-19-13-11(17)7-12(18)14(21-13)20-8-3-4-9(15)10(16)6-8/h3-4,6-7H,2,5H2,1H3,(H2,19,20,21). The van der Waals surface area contributed by atoms with Crippen LogP contribution < -0.4 is 10.6 Å². The maximum Gasteiger partial charge on any atom is 0.169 e. The fourth-order valence-corrected chi connectivity index (χ4v) is 1.93. The first kappa shape index (κ1) is 15.8. The van der Waals surface area contributed by atoms with Crippen molar-refractivity contribution in [3.63, 3.8) is 0 Å². The van der Waals surface area contributed by atoms with E-state index in [-0.39, 0.29) is 11.6 Å². The molecule has 21 heavy (non-hydrogen) atoms. The number of nitrogens with zero attached hydrogens (tertiary/aromatic N) is 1. The van der Waals surface area contributed by atoms with E-state index in [1.807, 2.05) is 6.92 Å². The van der Waals surface area contributed by atoms with Crippen LogP contribution in [0.2, 0.25) is 10.0 Å². The Labute approximate surface area is 131 Å². The molecule has 0 saturated carbocycles. The number of anilines is 3. The molecule has 0 amide bonds. The quantitative estimate of drug-likeness (QED) is 0.787. The van der Waals surface area contributed by atoms with Gasteiger partial charge in [0.05, 0.1) is 10.0 Å². The van der Waals surface area contributed by atoms with E-state index in [4.69, 9.17) is 23.2 Å². The zero-order chi connectivity index (χ0) is 15.4. The molecule has 3 nitrogen and oxygen atoms in total. The lowest BCUT2D eigenvalue weighted by Gasteiger charge is -2.11. The van der Waals surface area contributed by atoms with Gasteiger partial charge >= 0.3 is 0 Å². The molecular formula is C14H13Cl2F2N3. The molecule has 0 fully saturated rings. The molecule has 0 aliphatic heterocycles. The lowest BCUT2D eigenvalue weighted by molar-refractivity contribution is 0.579. The summed E-state index contributed by atoms with van der Waals surface area (Å²) in [5.41, 5.74) is 0.504. The second kappa shape index (κ2) is 6.91. The molecule has 7 heteroatoms. The minimum absolute atomic E-state index is 0.000750. The van der Waals surface area contributed by atoms with Gasteiger partial charge in [-0.2, -0.15) is 0 Å². The Kier molecular flexibility index (Phi) is 5.20. The van der Waals surface area contributed by atoms with Gasteiger partial charge in [-0.05, 0) is 24.6 Å². The second-order valence-electron chi connectivity index (χ2n) is 4.33. The maximum atomic E-state index is 13.8. The topological polar surface area (TPSA) is 37.0 Å². The van der Waals surface area contributed by atoms with E-state index in [9.17, 15) is 8.78 Å². The predicted octanol–water partition coefficient (Wildman–Crippen LogP) is 5.23. The number of hydrogen-bond donors (Lipinski definition) is 2. The summed E-state index contributed by atoms with van der Waals surface area (Å²) in [6.45, 7) is 2.48. The van der Waals surface area contributed by atoms with E-state index in [2.05, 4.69) is 15.6 Å². The van der Waals surface area contributed by atoms with Gasteiger partial charge in [0.1, 0.15) is 0 Å². The first-order valence-corrected chi connectivity index (χ1v) is 7.09. The maximum absolute atomic E-state index is 13.8. The smallest absolute Gasteiger partial charge is 0.169 e. The van der Waals surface area contributed by atoms with Crippen LogP contribution in [-0.2, 0) is 0 Å². The van der Waals surface area contributed by atoms with Crippen molar-refractivity contribution in [3.05, 3.63) is 45.9 Å². The minimum atomic E-state index is -0.791. The van der Waals surface area contributed by atoms with Gasteiger partial charge in [0.25, 0.3) is 0 Å². The Morgan fingerprint density at radius 1 is 1.05 bits per heavy atom. The molecule has 0 saturated heterocycles. The van der Waals surface area contributed by atoms with E-state index >= 15 is 0 Å². The summed E-state index contributed by atoms with van der Waals surface area (Å²) in [5, 5.41) is 6.26. The first-order chi connectivity index (χ1) is 10.0.